The monoisotopic (exact) mass is 470 g/mol. The molecule has 0 spiro atoms. The number of carbonyl (C=O) groups is 2. The van der Waals surface area contributed by atoms with Crippen molar-refractivity contribution in [3.8, 4) is 0 Å². The number of urea groups is 1. The van der Waals surface area contributed by atoms with Crippen molar-refractivity contribution in [2.75, 3.05) is 5.75 Å². The average molecular weight is 471 g/mol. The molecule has 0 atom stereocenters. The number of rotatable bonds is 7. The summed E-state index contributed by atoms with van der Waals surface area (Å²) in [4.78, 5) is 58.5. The lowest BCUT2D eigenvalue weighted by Crippen LogP contribution is -2.40. The molecule has 11 heteroatoms. The van der Waals surface area contributed by atoms with Crippen molar-refractivity contribution >= 4 is 34.7 Å². The van der Waals surface area contributed by atoms with Gasteiger partial charge in [0, 0.05) is 20.1 Å². The van der Waals surface area contributed by atoms with Gasteiger partial charge >= 0.3 is 11.7 Å². The number of amides is 3. The highest BCUT2D eigenvalue weighted by Gasteiger charge is 2.19. The Morgan fingerprint density at radius 1 is 1.12 bits per heavy atom. The number of thioether (sulfide) groups is 1. The third kappa shape index (κ3) is 5.86. The third-order valence-electron chi connectivity index (χ3n) is 4.70. The molecular weight excluding hydrogens is 444 g/mol. The molecule has 0 unspecified atom stereocenters. The van der Waals surface area contributed by atoms with Crippen LogP contribution in [0.4, 0.5) is 4.79 Å². The van der Waals surface area contributed by atoms with E-state index in [9.17, 15) is 19.2 Å². The molecule has 0 saturated carbocycles. The van der Waals surface area contributed by atoms with Gasteiger partial charge in [0.05, 0.1) is 5.75 Å². The van der Waals surface area contributed by atoms with E-state index in [1.54, 1.807) is 6.92 Å². The van der Waals surface area contributed by atoms with Crippen LogP contribution in [0.1, 0.15) is 25.2 Å². The summed E-state index contributed by atoms with van der Waals surface area (Å²) in [5.41, 5.74) is 0.162. The number of hydrogen-bond donors (Lipinski definition) is 2. The van der Waals surface area contributed by atoms with Crippen LogP contribution >= 0.6 is 11.8 Å². The first kappa shape index (κ1) is 24.2. The minimum Gasteiger partial charge on any atom is -0.334 e. The largest absolute Gasteiger partial charge is 0.334 e. The van der Waals surface area contributed by atoms with Gasteiger partial charge in [0.2, 0.25) is 5.91 Å². The van der Waals surface area contributed by atoms with Gasteiger partial charge in [0.1, 0.15) is 16.2 Å². The second-order valence-corrected chi connectivity index (χ2v) is 8.89. The molecule has 0 aliphatic rings. The van der Waals surface area contributed by atoms with E-state index in [0.29, 0.717) is 12.4 Å². The lowest BCUT2D eigenvalue weighted by molar-refractivity contribution is -0.117. The molecular formula is C22H26N6O4S. The number of nitrogens with one attached hydrogen (secondary N) is 2. The summed E-state index contributed by atoms with van der Waals surface area (Å²) in [7, 11) is 1.40. The van der Waals surface area contributed by atoms with E-state index in [0.717, 1.165) is 21.9 Å². The van der Waals surface area contributed by atoms with Crippen molar-refractivity contribution in [2.45, 2.75) is 38.9 Å². The Labute approximate surface area is 194 Å². The van der Waals surface area contributed by atoms with Gasteiger partial charge in [-0.2, -0.15) is 0 Å². The van der Waals surface area contributed by atoms with Crippen molar-refractivity contribution in [1.29, 1.82) is 0 Å². The second-order valence-electron chi connectivity index (χ2n) is 7.93. The maximum absolute atomic E-state index is 12.9. The lowest BCUT2D eigenvalue weighted by Gasteiger charge is -2.15. The van der Waals surface area contributed by atoms with Crippen LogP contribution in [-0.2, 0) is 24.9 Å². The zero-order valence-electron chi connectivity index (χ0n) is 18.9. The summed E-state index contributed by atoms with van der Waals surface area (Å²) < 4.78 is 2.47. The van der Waals surface area contributed by atoms with Gasteiger partial charge in [0.15, 0.2) is 5.65 Å². The lowest BCUT2D eigenvalue weighted by atomic mass is 10.2. The highest BCUT2D eigenvalue weighted by atomic mass is 32.2. The van der Waals surface area contributed by atoms with Crippen molar-refractivity contribution < 1.29 is 9.59 Å². The van der Waals surface area contributed by atoms with E-state index >= 15 is 0 Å². The molecule has 33 heavy (non-hydrogen) atoms. The number of aromatic nitrogens is 4. The molecule has 1 aromatic carbocycles. The topological polar surface area (TPSA) is 128 Å². The fourth-order valence-corrected chi connectivity index (χ4v) is 4.05. The molecule has 3 rings (SSSR count). The minimum atomic E-state index is -0.616. The molecule has 3 aromatic rings. The highest BCUT2D eigenvalue weighted by Crippen LogP contribution is 2.22. The molecule has 0 saturated heterocycles. The van der Waals surface area contributed by atoms with Gasteiger partial charge in [-0.25, -0.2) is 19.6 Å². The van der Waals surface area contributed by atoms with E-state index in [1.807, 2.05) is 44.2 Å². The molecule has 0 fully saturated rings. The number of imide groups is 1. The summed E-state index contributed by atoms with van der Waals surface area (Å²) in [6, 6.07) is 8.69. The fourth-order valence-electron chi connectivity index (χ4n) is 3.19. The van der Waals surface area contributed by atoms with Crippen molar-refractivity contribution in [2.24, 2.45) is 13.0 Å². The molecule has 2 N–H and O–H groups in total. The molecule has 0 aliphatic carbocycles. The standard InChI is InChI=1S/C22H26N6O4S/c1-13(2)11-28-18-17(20(30)27(4)22(28)32)19(25-14(3)24-18)33-12-16(29)26-21(31)23-10-15-8-6-5-7-9-15/h5-9,13H,10-12H2,1-4H3,(H2,23,26,29,31). The van der Waals surface area contributed by atoms with E-state index in [1.165, 1.54) is 11.6 Å². The zero-order chi connectivity index (χ0) is 24.1. The summed E-state index contributed by atoms with van der Waals surface area (Å²) in [5.74, 6) is -0.162. The SMILES string of the molecule is Cc1nc(SCC(=O)NC(=O)NCc2ccccc2)c2c(=O)n(C)c(=O)n(CC(C)C)c2n1. The fraction of sp³-hybridized carbons (Fsp3) is 0.364. The Hall–Kier alpha value is -3.47. The number of hydrogen-bond acceptors (Lipinski definition) is 7. The van der Waals surface area contributed by atoms with Crippen LogP contribution in [0.15, 0.2) is 44.9 Å². The van der Waals surface area contributed by atoms with Gasteiger partial charge in [-0.05, 0) is 18.4 Å². The molecule has 174 valence electrons. The van der Waals surface area contributed by atoms with Crippen LogP contribution in [0.2, 0.25) is 0 Å². The number of nitrogens with zero attached hydrogens (tertiary/aromatic N) is 4. The van der Waals surface area contributed by atoms with Crippen molar-refractivity contribution in [3.63, 3.8) is 0 Å². The number of carbonyl (C=O) groups excluding carboxylic acids is 2. The number of aryl methyl sites for hydroxylation is 1. The Balaban J connectivity index is 1.78. The van der Waals surface area contributed by atoms with Crippen LogP contribution in [0, 0.1) is 12.8 Å². The minimum absolute atomic E-state index is 0.142. The highest BCUT2D eigenvalue weighted by molar-refractivity contribution is 8.00. The summed E-state index contributed by atoms with van der Waals surface area (Å²) in [6.45, 7) is 6.24. The van der Waals surface area contributed by atoms with E-state index < -0.39 is 23.2 Å². The maximum Gasteiger partial charge on any atom is 0.332 e. The Morgan fingerprint density at radius 3 is 2.48 bits per heavy atom. The summed E-state index contributed by atoms with van der Waals surface area (Å²) >= 11 is 1.01. The van der Waals surface area contributed by atoms with Crippen molar-refractivity contribution in [1.82, 2.24) is 29.7 Å². The van der Waals surface area contributed by atoms with Crippen LogP contribution in [-0.4, -0.2) is 36.8 Å². The first-order chi connectivity index (χ1) is 15.7. The van der Waals surface area contributed by atoms with Crippen LogP contribution < -0.4 is 21.9 Å². The van der Waals surface area contributed by atoms with Crippen LogP contribution in [0.5, 0.6) is 0 Å². The second kappa shape index (κ2) is 10.4. The first-order valence-corrected chi connectivity index (χ1v) is 11.4. The Bertz CT molecular complexity index is 1300. The molecule has 3 amide bonds. The Morgan fingerprint density at radius 2 is 1.82 bits per heavy atom. The molecule has 0 bridgehead atoms. The predicted octanol–water partition coefficient (Wildman–Crippen LogP) is 1.57. The molecule has 2 heterocycles. The molecule has 10 nitrogen and oxygen atoms in total. The predicted molar refractivity (Wildman–Crippen MR) is 126 cm³/mol. The summed E-state index contributed by atoms with van der Waals surface area (Å²) in [5, 5.41) is 5.35. The summed E-state index contributed by atoms with van der Waals surface area (Å²) in [6.07, 6.45) is 0. The number of benzene rings is 1. The quantitative estimate of drug-likeness (QED) is 0.396. The van der Waals surface area contributed by atoms with E-state index in [-0.39, 0.29) is 34.3 Å². The third-order valence-corrected chi connectivity index (χ3v) is 5.67. The van der Waals surface area contributed by atoms with Crippen LogP contribution in [0.25, 0.3) is 11.0 Å². The average Bonchev–Trinajstić information content (AvgIpc) is 2.77. The number of fused-ring (bicyclic) bond motifs is 1. The van der Waals surface area contributed by atoms with Gasteiger partial charge in [-0.3, -0.25) is 24.0 Å². The van der Waals surface area contributed by atoms with Gasteiger partial charge in [-0.15, -0.1) is 0 Å². The Kier molecular flexibility index (Phi) is 7.64. The molecule has 0 aliphatic heterocycles. The maximum atomic E-state index is 12.9. The van der Waals surface area contributed by atoms with Gasteiger partial charge in [-0.1, -0.05) is 55.9 Å². The van der Waals surface area contributed by atoms with Gasteiger partial charge < -0.3 is 5.32 Å². The van der Waals surface area contributed by atoms with E-state index in [4.69, 9.17) is 0 Å². The smallest absolute Gasteiger partial charge is 0.332 e. The zero-order valence-corrected chi connectivity index (χ0v) is 19.7. The van der Waals surface area contributed by atoms with Gasteiger partial charge in [0.25, 0.3) is 5.56 Å². The normalized spacial score (nSPS) is 11.1. The molecule has 0 radical (unpaired) electrons. The first-order valence-electron chi connectivity index (χ1n) is 10.4. The van der Waals surface area contributed by atoms with Crippen molar-refractivity contribution in [3.05, 3.63) is 62.6 Å². The molecule has 2 aromatic heterocycles. The van der Waals surface area contributed by atoms with Crippen LogP contribution in [0.3, 0.4) is 0 Å². The van der Waals surface area contributed by atoms with E-state index in [2.05, 4.69) is 20.6 Å².